The molecular formula is C14H22N2O2. The van der Waals surface area contributed by atoms with Gasteiger partial charge in [-0.3, -0.25) is 4.79 Å². The van der Waals surface area contributed by atoms with E-state index in [9.17, 15) is 4.79 Å². The maximum absolute atomic E-state index is 12.0. The molecule has 4 heteroatoms. The van der Waals surface area contributed by atoms with Crippen LogP contribution in [0, 0.1) is 19.8 Å². The predicted molar refractivity (Wildman–Crippen MR) is 69.2 cm³/mol. The first-order chi connectivity index (χ1) is 8.58. The van der Waals surface area contributed by atoms with Crippen molar-refractivity contribution in [2.45, 2.75) is 58.9 Å². The van der Waals surface area contributed by atoms with Crippen LogP contribution in [0.15, 0.2) is 4.52 Å². The lowest BCUT2D eigenvalue weighted by molar-refractivity contribution is -0.121. The van der Waals surface area contributed by atoms with E-state index in [1.54, 1.807) is 0 Å². The summed E-state index contributed by atoms with van der Waals surface area (Å²) in [6, 6.07) is 0.340. The number of aromatic nitrogens is 1. The van der Waals surface area contributed by atoms with Crippen LogP contribution < -0.4 is 5.32 Å². The van der Waals surface area contributed by atoms with Gasteiger partial charge in [0.15, 0.2) is 0 Å². The number of carbonyl (C=O) groups is 1. The van der Waals surface area contributed by atoms with Crippen LogP contribution in [0.3, 0.4) is 0 Å². The Morgan fingerprint density at radius 2 is 2.11 bits per heavy atom. The van der Waals surface area contributed by atoms with Crippen molar-refractivity contribution in [1.29, 1.82) is 0 Å². The van der Waals surface area contributed by atoms with Gasteiger partial charge < -0.3 is 9.84 Å². The molecule has 1 aliphatic rings. The van der Waals surface area contributed by atoms with Gasteiger partial charge in [-0.15, -0.1) is 0 Å². The summed E-state index contributed by atoms with van der Waals surface area (Å²) in [5.41, 5.74) is 1.75. The molecule has 0 spiro atoms. The largest absolute Gasteiger partial charge is 0.361 e. The van der Waals surface area contributed by atoms with Crippen molar-refractivity contribution in [3.63, 3.8) is 0 Å². The van der Waals surface area contributed by atoms with Gasteiger partial charge in [0.1, 0.15) is 5.76 Å². The number of carbonyl (C=O) groups excluding carboxylic acids is 1. The van der Waals surface area contributed by atoms with E-state index in [0.717, 1.165) is 23.4 Å². The van der Waals surface area contributed by atoms with Crippen LogP contribution in [0.1, 0.15) is 49.6 Å². The molecule has 1 amide bonds. The maximum Gasteiger partial charge on any atom is 0.224 e. The summed E-state index contributed by atoms with van der Waals surface area (Å²) < 4.78 is 5.08. The van der Waals surface area contributed by atoms with Crippen LogP contribution >= 0.6 is 0 Å². The van der Waals surface area contributed by atoms with Crippen LogP contribution in [0.2, 0.25) is 0 Å². The summed E-state index contributed by atoms with van der Waals surface area (Å²) in [4.78, 5) is 12.0. The van der Waals surface area contributed by atoms with E-state index in [0.29, 0.717) is 18.4 Å². The molecule has 0 radical (unpaired) electrons. The topological polar surface area (TPSA) is 55.1 Å². The Bertz CT molecular complexity index is 406. The third-order valence-electron chi connectivity index (χ3n) is 3.98. The average molecular weight is 250 g/mol. The molecule has 100 valence electrons. The number of rotatable bonds is 3. The highest BCUT2D eigenvalue weighted by atomic mass is 16.5. The molecular weight excluding hydrogens is 228 g/mol. The van der Waals surface area contributed by atoms with Crippen LogP contribution in [0.5, 0.6) is 0 Å². The quantitative estimate of drug-likeness (QED) is 0.896. The number of hydrogen-bond acceptors (Lipinski definition) is 3. The highest BCUT2D eigenvalue weighted by Crippen LogP contribution is 2.24. The Balaban J connectivity index is 1.92. The first-order valence-electron chi connectivity index (χ1n) is 6.79. The molecule has 1 aliphatic carbocycles. The number of nitrogens with one attached hydrogen (secondary N) is 1. The summed E-state index contributed by atoms with van der Waals surface area (Å²) in [6.45, 7) is 5.95. The van der Waals surface area contributed by atoms with Gasteiger partial charge in [0.25, 0.3) is 0 Å². The van der Waals surface area contributed by atoms with E-state index < -0.39 is 0 Å². The lowest BCUT2D eigenvalue weighted by atomic mass is 9.86. The van der Waals surface area contributed by atoms with Gasteiger partial charge >= 0.3 is 0 Å². The van der Waals surface area contributed by atoms with Gasteiger partial charge in [0.2, 0.25) is 5.91 Å². The SMILES string of the molecule is Cc1noc(C)c1CC(=O)NC1CCCCC1C. The molecule has 0 saturated heterocycles. The van der Waals surface area contributed by atoms with Crippen molar-refractivity contribution in [1.82, 2.24) is 10.5 Å². The molecule has 0 aromatic carbocycles. The number of nitrogens with zero attached hydrogens (tertiary/aromatic N) is 1. The Kier molecular flexibility index (Phi) is 4.04. The Morgan fingerprint density at radius 3 is 2.72 bits per heavy atom. The minimum absolute atomic E-state index is 0.0862. The zero-order valence-corrected chi connectivity index (χ0v) is 11.5. The molecule has 0 bridgehead atoms. The average Bonchev–Trinajstić information content (AvgIpc) is 2.64. The van der Waals surface area contributed by atoms with Crippen LogP contribution in [-0.2, 0) is 11.2 Å². The molecule has 1 N–H and O–H groups in total. The molecule has 0 aliphatic heterocycles. The van der Waals surface area contributed by atoms with Crippen molar-refractivity contribution < 1.29 is 9.32 Å². The van der Waals surface area contributed by atoms with E-state index in [1.807, 2.05) is 13.8 Å². The van der Waals surface area contributed by atoms with Gasteiger partial charge in [0.05, 0.1) is 12.1 Å². The second-order valence-electron chi connectivity index (χ2n) is 5.42. The zero-order chi connectivity index (χ0) is 13.1. The van der Waals surface area contributed by atoms with E-state index >= 15 is 0 Å². The highest BCUT2D eigenvalue weighted by Gasteiger charge is 2.23. The van der Waals surface area contributed by atoms with Crippen molar-refractivity contribution in [2.75, 3.05) is 0 Å². The first kappa shape index (κ1) is 13.1. The molecule has 4 nitrogen and oxygen atoms in total. The number of hydrogen-bond donors (Lipinski definition) is 1. The van der Waals surface area contributed by atoms with Crippen LogP contribution in [0.4, 0.5) is 0 Å². The Morgan fingerprint density at radius 1 is 1.39 bits per heavy atom. The molecule has 1 saturated carbocycles. The zero-order valence-electron chi connectivity index (χ0n) is 11.5. The fourth-order valence-electron chi connectivity index (χ4n) is 2.70. The third kappa shape index (κ3) is 2.92. The van der Waals surface area contributed by atoms with E-state index in [2.05, 4.69) is 17.4 Å². The van der Waals surface area contributed by atoms with Gasteiger partial charge in [0, 0.05) is 11.6 Å². The molecule has 2 rings (SSSR count). The third-order valence-corrected chi connectivity index (χ3v) is 3.98. The predicted octanol–water partition coefficient (Wildman–Crippen LogP) is 2.53. The van der Waals surface area contributed by atoms with Crippen LogP contribution in [-0.4, -0.2) is 17.1 Å². The Labute approximate surface area is 108 Å². The summed E-state index contributed by atoms with van der Waals surface area (Å²) in [5.74, 6) is 1.43. The molecule has 1 aromatic rings. The van der Waals surface area contributed by atoms with Gasteiger partial charge in [-0.2, -0.15) is 0 Å². The van der Waals surface area contributed by atoms with Gasteiger partial charge in [-0.1, -0.05) is 24.9 Å². The van der Waals surface area contributed by atoms with Crippen molar-refractivity contribution in [2.24, 2.45) is 5.92 Å². The normalized spacial score (nSPS) is 23.9. The lowest BCUT2D eigenvalue weighted by Crippen LogP contribution is -2.41. The maximum atomic E-state index is 12.0. The summed E-state index contributed by atoms with van der Waals surface area (Å²) >= 11 is 0. The molecule has 1 heterocycles. The first-order valence-corrected chi connectivity index (χ1v) is 6.79. The van der Waals surface area contributed by atoms with Crippen LogP contribution in [0.25, 0.3) is 0 Å². The minimum atomic E-state index is 0.0862. The fourth-order valence-corrected chi connectivity index (χ4v) is 2.70. The van der Waals surface area contributed by atoms with Crippen molar-refractivity contribution >= 4 is 5.91 Å². The van der Waals surface area contributed by atoms with Crippen molar-refractivity contribution in [3.8, 4) is 0 Å². The van der Waals surface area contributed by atoms with E-state index in [4.69, 9.17) is 4.52 Å². The fraction of sp³-hybridized carbons (Fsp3) is 0.714. The molecule has 1 aromatic heterocycles. The Hall–Kier alpha value is -1.32. The lowest BCUT2D eigenvalue weighted by Gasteiger charge is -2.29. The highest BCUT2D eigenvalue weighted by molar-refractivity contribution is 5.79. The molecule has 1 fully saturated rings. The summed E-state index contributed by atoms with van der Waals surface area (Å²) in [5, 5.41) is 7.03. The van der Waals surface area contributed by atoms with Gasteiger partial charge in [-0.25, -0.2) is 0 Å². The molecule has 2 unspecified atom stereocenters. The van der Waals surface area contributed by atoms with Crippen molar-refractivity contribution in [3.05, 3.63) is 17.0 Å². The number of amides is 1. The monoisotopic (exact) mass is 250 g/mol. The minimum Gasteiger partial charge on any atom is -0.361 e. The van der Waals surface area contributed by atoms with E-state index in [-0.39, 0.29) is 5.91 Å². The standard InChI is InChI=1S/C14H22N2O2/c1-9-6-4-5-7-13(9)15-14(17)8-12-10(2)16-18-11(12)3/h9,13H,4-8H2,1-3H3,(H,15,17). The smallest absolute Gasteiger partial charge is 0.224 e. The molecule has 18 heavy (non-hydrogen) atoms. The second kappa shape index (κ2) is 5.55. The second-order valence-corrected chi connectivity index (χ2v) is 5.42. The summed E-state index contributed by atoms with van der Waals surface area (Å²) in [7, 11) is 0. The summed E-state index contributed by atoms with van der Waals surface area (Å²) in [6.07, 6.45) is 5.22. The van der Waals surface area contributed by atoms with Gasteiger partial charge in [-0.05, 0) is 32.6 Å². The number of aryl methyl sites for hydroxylation is 2. The van der Waals surface area contributed by atoms with E-state index in [1.165, 1.54) is 19.3 Å². The molecule has 2 atom stereocenters.